The Morgan fingerprint density at radius 1 is 1.38 bits per heavy atom. The van der Waals surface area contributed by atoms with Gasteiger partial charge in [0.05, 0.1) is 12.1 Å². The molecule has 1 unspecified atom stereocenters. The molecular weight excluding hydrogens is 288 g/mol. The Bertz CT molecular complexity index is 577. The summed E-state index contributed by atoms with van der Waals surface area (Å²) in [6.07, 6.45) is 1.91. The largest absolute Gasteiger partial charge is 0.459 e. The monoisotopic (exact) mass is 308 g/mol. The molecule has 3 N–H and O–H groups in total. The third kappa shape index (κ3) is 4.68. The molecule has 0 saturated heterocycles. The van der Waals surface area contributed by atoms with Gasteiger partial charge in [0.2, 0.25) is 0 Å². The molecule has 2 aromatic rings. The number of rotatable bonds is 6. The van der Waals surface area contributed by atoms with Crippen molar-refractivity contribution in [3.63, 3.8) is 0 Å². The van der Waals surface area contributed by atoms with E-state index in [9.17, 15) is 9.90 Å². The molecule has 0 aliphatic rings. The molecule has 0 fully saturated rings. The Kier molecular flexibility index (Phi) is 5.14. The van der Waals surface area contributed by atoms with Crippen LogP contribution in [-0.2, 0) is 6.54 Å². The molecular formula is C15H20N2O3S. The molecule has 0 spiro atoms. The molecule has 1 aromatic carbocycles. The number of carbonyl (C=O) groups is 1. The van der Waals surface area contributed by atoms with Crippen molar-refractivity contribution < 1.29 is 14.3 Å². The molecule has 2 amide bonds. The summed E-state index contributed by atoms with van der Waals surface area (Å²) in [6.45, 7) is 2.22. The van der Waals surface area contributed by atoms with E-state index in [1.54, 1.807) is 6.92 Å². The number of hydrogen-bond acceptors (Lipinski definition) is 4. The summed E-state index contributed by atoms with van der Waals surface area (Å²) in [5, 5.41) is 16.3. The number of furan rings is 1. The predicted octanol–water partition coefficient (Wildman–Crippen LogP) is 2.35. The highest BCUT2D eigenvalue weighted by Gasteiger charge is 2.20. The van der Waals surface area contributed by atoms with E-state index in [0.717, 1.165) is 11.0 Å². The van der Waals surface area contributed by atoms with Crippen LogP contribution in [0.15, 0.2) is 34.7 Å². The highest BCUT2D eigenvalue weighted by molar-refractivity contribution is 7.98. The number of thioether (sulfide) groups is 1. The fourth-order valence-corrected chi connectivity index (χ4v) is 2.71. The van der Waals surface area contributed by atoms with Gasteiger partial charge in [-0.3, -0.25) is 0 Å². The average Bonchev–Trinajstić information content (AvgIpc) is 2.86. The molecule has 1 aromatic heterocycles. The van der Waals surface area contributed by atoms with E-state index >= 15 is 0 Å². The molecule has 2 rings (SSSR count). The first-order valence-corrected chi connectivity index (χ1v) is 8.10. The lowest BCUT2D eigenvalue weighted by atomic mass is 10.1. The van der Waals surface area contributed by atoms with E-state index in [1.165, 1.54) is 11.8 Å². The van der Waals surface area contributed by atoms with Crippen LogP contribution in [0.3, 0.4) is 0 Å². The zero-order valence-electron chi connectivity index (χ0n) is 12.2. The number of amides is 2. The highest BCUT2D eigenvalue weighted by Crippen LogP contribution is 2.18. The first-order valence-electron chi connectivity index (χ1n) is 6.71. The SMILES string of the molecule is CSCC(C)(O)CNC(=O)NCc1cc2ccccc2o1. The molecule has 0 radical (unpaired) electrons. The summed E-state index contributed by atoms with van der Waals surface area (Å²) >= 11 is 1.54. The summed E-state index contributed by atoms with van der Waals surface area (Å²) in [5.74, 6) is 1.26. The Balaban J connectivity index is 1.81. The quantitative estimate of drug-likeness (QED) is 0.766. The Labute approximate surface area is 128 Å². The number of urea groups is 1. The number of para-hydroxylation sites is 1. The highest BCUT2D eigenvalue weighted by atomic mass is 32.2. The average molecular weight is 308 g/mol. The maximum absolute atomic E-state index is 11.7. The zero-order chi connectivity index (χ0) is 15.3. The summed E-state index contributed by atoms with van der Waals surface area (Å²) < 4.78 is 5.61. The number of nitrogens with one attached hydrogen (secondary N) is 2. The van der Waals surface area contributed by atoms with Gasteiger partial charge in [0.25, 0.3) is 0 Å². The number of hydrogen-bond donors (Lipinski definition) is 3. The minimum absolute atomic E-state index is 0.208. The van der Waals surface area contributed by atoms with Crippen LogP contribution in [0, 0.1) is 0 Å². The van der Waals surface area contributed by atoms with Gasteiger partial charge in [0.1, 0.15) is 11.3 Å². The standard InChI is InChI=1S/C15H20N2O3S/c1-15(19,10-21-2)9-17-14(18)16-8-12-7-11-5-3-4-6-13(11)20-12/h3-7,19H,8-10H2,1-2H3,(H2,16,17,18). The first kappa shape index (κ1) is 15.7. The minimum Gasteiger partial charge on any atom is -0.459 e. The third-order valence-electron chi connectivity index (χ3n) is 2.98. The van der Waals surface area contributed by atoms with Gasteiger partial charge < -0.3 is 20.2 Å². The third-order valence-corrected chi connectivity index (χ3v) is 3.90. The van der Waals surface area contributed by atoms with Gasteiger partial charge in [-0.05, 0) is 25.3 Å². The summed E-state index contributed by atoms with van der Waals surface area (Å²) in [7, 11) is 0. The zero-order valence-corrected chi connectivity index (χ0v) is 13.0. The Morgan fingerprint density at radius 3 is 2.86 bits per heavy atom. The van der Waals surface area contributed by atoms with Crippen LogP contribution in [0.5, 0.6) is 0 Å². The van der Waals surface area contributed by atoms with Crippen molar-refractivity contribution >= 4 is 28.8 Å². The Morgan fingerprint density at radius 2 is 2.14 bits per heavy atom. The molecule has 5 nitrogen and oxygen atoms in total. The maximum atomic E-state index is 11.7. The van der Waals surface area contributed by atoms with Crippen molar-refractivity contribution in [1.29, 1.82) is 0 Å². The van der Waals surface area contributed by atoms with Crippen molar-refractivity contribution in [2.45, 2.75) is 19.1 Å². The lowest BCUT2D eigenvalue weighted by Gasteiger charge is -2.22. The van der Waals surface area contributed by atoms with Gasteiger partial charge in [-0.2, -0.15) is 11.8 Å². The molecule has 0 aliphatic carbocycles. The van der Waals surface area contributed by atoms with Gasteiger partial charge in [0, 0.05) is 17.7 Å². The number of aliphatic hydroxyl groups is 1. The van der Waals surface area contributed by atoms with E-state index < -0.39 is 5.60 Å². The topological polar surface area (TPSA) is 74.5 Å². The van der Waals surface area contributed by atoms with Gasteiger partial charge >= 0.3 is 6.03 Å². The Hall–Kier alpha value is -1.66. The van der Waals surface area contributed by atoms with Crippen LogP contribution in [-0.4, -0.2) is 35.3 Å². The van der Waals surface area contributed by atoms with Gasteiger partial charge in [-0.1, -0.05) is 18.2 Å². The summed E-state index contributed by atoms with van der Waals surface area (Å²) in [6, 6.07) is 9.27. The maximum Gasteiger partial charge on any atom is 0.315 e. The van der Waals surface area contributed by atoms with Gasteiger partial charge in [-0.15, -0.1) is 0 Å². The van der Waals surface area contributed by atoms with Crippen LogP contribution < -0.4 is 10.6 Å². The van der Waals surface area contributed by atoms with Crippen molar-refractivity contribution in [2.75, 3.05) is 18.6 Å². The molecule has 0 aliphatic heterocycles. The van der Waals surface area contributed by atoms with Crippen molar-refractivity contribution in [1.82, 2.24) is 10.6 Å². The molecule has 6 heteroatoms. The second-order valence-electron chi connectivity index (χ2n) is 5.22. The fourth-order valence-electron chi connectivity index (χ4n) is 1.99. The smallest absolute Gasteiger partial charge is 0.315 e. The van der Waals surface area contributed by atoms with Crippen LogP contribution >= 0.6 is 11.8 Å². The molecule has 0 bridgehead atoms. The fraction of sp³-hybridized carbons (Fsp3) is 0.400. The van der Waals surface area contributed by atoms with Gasteiger partial charge in [0.15, 0.2) is 0 Å². The van der Waals surface area contributed by atoms with E-state index in [1.807, 2.05) is 36.6 Å². The normalized spacial score (nSPS) is 13.9. The van der Waals surface area contributed by atoms with E-state index in [0.29, 0.717) is 18.1 Å². The molecule has 114 valence electrons. The lowest BCUT2D eigenvalue weighted by molar-refractivity contribution is 0.0869. The second-order valence-corrected chi connectivity index (χ2v) is 6.08. The molecule has 1 atom stereocenters. The molecule has 0 saturated carbocycles. The van der Waals surface area contributed by atoms with Crippen molar-refractivity contribution in [3.05, 3.63) is 36.1 Å². The lowest BCUT2D eigenvalue weighted by Crippen LogP contribution is -2.45. The number of benzene rings is 1. The van der Waals surface area contributed by atoms with Crippen LogP contribution in [0.25, 0.3) is 11.0 Å². The van der Waals surface area contributed by atoms with E-state index in [-0.39, 0.29) is 12.6 Å². The molecule has 21 heavy (non-hydrogen) atoms. The van der Waals surface area contributed by atoms with Crippen LogP contribution in [0.2, 0.25) is 0 Å². The first-order chi connectivity index (χ1) is 10.00. The van der Waals surface area contributed by atoms with Crippen molar-refractivity contribution in [2.24, 2.45) is 0 Å². The van der Waals surface area contributed by atoms with Crippen LogP contribution in [0.4, 0.5) is 4.79 Å². The summed E-state index contributed by atoms with van der Waals surface area (Å²) in [5.41, 5.74) is -0.103. The molecule has 1 heterocycles. The number of fused-ring (bicyclic) bond motifs is 1. The minimum atomic E-state index is -0.907. The van der Waals surface area contributed by atoms with Crippen LogP contribution in [0.1, 0.15) is 12.7 Å². The van der Waals surface area contributed by atoms with Gasteiger partial charge in [-0.25, -0.2) is 4.79 Å². The van der Waals surface area contributed by atoms with E-state index in [4.69, 9.17) is 4.42 Å². The number of carbonyl (C=O) groups excluding carboxylic acids is 1. The van der Waals surface area contributed by atoms with Crippen molar-refractivity contribution in [3.8, 4) is 0 Å². The summed E-state index contributed by atoms with van der Waals surface area (Å²) in [4.78, 5) is 11.7. The van der Waals surface area contributed by atoms with E-state index in [2.05, 4.69) is 10.6 Å². The predicted molar refractivity (Wildman–Crippen MR) is 85.5 cm³/mol. The second kappa shape index (κ2) is 6.87.